The summed E-state index contributed by atoms with van der Waals surface area (Å²) in [6.45, 7) is -1.04. The largest absolute Gasteiger partial charge is 0.484 e. The Bertz CT molecular complexity index is 633. The highest BCUT2D eigenvalue weighted by Gasteiger charge is 2.28. The van der Waals surface area contributed by atoms with Gasteiger partial charge in [0.15, 0.2) is 6.61 Å². The van der Waals surface area contributed by atoms with Crippen molar-refractivity contribution in [3.8, 4) is 5.75 Å². The molecule has 4 nitrogen and oxygen atoms in total. The lowest BCUT2D eigenvalue weighted by molar-refractivity contribution is -0.153. The number of nitrogens with zero attached hydrogens (tertiary/aromatic N) is 1. The topological polar surface area (TPSA) is 43.3 Å². The molecule has 1 aromatic carbocycles. The fourth-order valence-corrected chi connectivity index (χ4v) is 1.84. The van der Waals surface area contributed by atoms with E-state index in [2.05, 4.69) is 10.1 Å². The fraction of sp³-hybridized carbons (Fsp3) is 0.267. The van der Waals surface area contributed by atoms with Crippen molar-refractivity contribution in [2.75, 3.05) is 6.61 Å². The molecule has 7 heteroatoms. The Morgan fingerprint density at radius 1 is 1.23 bits per heavy atom. The zero-order chi connectivity index (χ0) is 16.2. The lowest BCUT2D eigenvalue weighted by atomic mass is 10.2. The molecule has 0 saturated carbocycles. The molecule has 118 valence electrons. The van der Waals surface area contributed by atoms with Crippen LogP contribution in [0.4, 0.5) is 13.2 Å². The number of nitrogens with one attached hydrogen (secondary N) is 1. The van der Waals surface area contributed by atoms with Gasteiger partial charge in [0.1, 0.15) is 11.4 Å². The van der Waals surface area contributed by atoms with Crippen molar-refractivity contribution in [3.05, 3.63) is 53.9 Å². The molecule has 0 aliphatic carbocycles. The molecular formula is C15H15F3N2O2. The SMILES string of the molecule is Cn1cccc1C(=O)NCc1ccc(OCC(F)(F)F)cc1. The smallest absolute Gasteiger partial charge is 0.422 e. The third-order valence-corrected chi connectivity index (χ3v) is 2.96. The summed E-state index contributed by atoms with van der Waals surface area (Å²) in [7, 11) is 1.77. The van der Waals surface area contributed by atoms with Gasteiger partial charge in [0.25, 0.3) is 5.91 Å². The molecule has 0 radical (unpaired) electrons. The van der Waals surface area contributed by atoms with Crippen molar-refractivity contribution in [2.24, 2.45) is 7.05 Å². The van der Waals surface area contributed by atoms with Crippen molar-refractivity contribution in [1.29, 1.82) is 0 Å². The van der Waals surface area contributed by atoms with Gasteiger partial charge in [0.05, 0.1) is 0 Å². The van der Waals surface area contributed by atoms with Gasteiger partial charge in [-0.05, 0) is 29.8 Å². The molecule has 22 heavy (non-hydrogen) atoms. The maximum absolute atomic E-state index is 12.0. The van der Waals surface area contributed by atoms with Crippen molar-refractivity contribution in [1.82, 2.24) is 9.88 Å². The van der Waals surface area contributed by atoms with Gasteiger partial charge in [-0.25, -0.2) is 0 Å². The van der Waals surface area contributed by atoms with E-state index in [1.54, 1.807) is 42.1 Å². The van der Waals surface area contributed by atoms with E-state index in [9.17, 15) is 18.0 Å². The second kappa shape index (κ2) is 6.55. The molecular weight excluding hydrogens is 297 g/mol. The van der Waals surface area contributed by atoms with Crippen LogP contribution in [0.5, 0.6) is 5.75 Å². The van der Waals surface area contributed by atoms with Crippen LogP contribution >= 0.6 is 0 Å². The third-order valence-electron chi connectivity index (χ3n) is 2.96. The summed E-state index contributed by atoms with van der Waals surface area (Å²) in [5.74, 6) is -0.0836. The van der Waals surface area contributed by atoms with Crippen LogP contribution in [0.25, 0.3) is 0 Å². The number of carbonyl (C=O) groups is 1. The Hall–Kier alpha value is -2.44. The lowest BCUT2D eigenvalue weighted by Gasteiger charge is -2.10. The molecule has 1 aromatic heterocycles. The van der Waals surface area contributed by atoms with Gasteiger partial charge in [-0.15, -0.1) is 0 Å². The molecule has 0 unspecified atom stereocenters. The minimum Gasteiger partial charge on any atom is -0.484 e. The number of halogens is 3. The van der Waals surface area contributed by atoms with Gasteiger partial charge < -0.3 is 14.6 Å². The normalized spacial score (nSPS) is 11.3. The maximum atomic E-state index is 12.0. The molecule has 0 bridgehead atoms. The standard InChI is InChI=1S/C15H15F3N2O2/c1-20-8-2-3-13(20)14(21)19-9-11-4-6-12(7-5-11)22-10-15(16,17)18/h2-8H,9-10H2,1H3,(H,19,21). The molecule has 1 heterocycles. The zero-order valence-corrected chi connectivity index (χ0v) is 11.9. The van der Waals surface area contributed by atoms with Gasteiger partial charge in [-0.3, -0.25) is 4.79 Å². The Morgan fingerprint density at radius 3 is 2.45 bits per heavy atom. The number of ether oxygens (including phenoxy) is 1. The summed E-state index contributed by atoms with van der Waals surface area (Å²) in [6.07, 6.45) is -2.59. The van der Waals surface area contributed by atoms with E-state index in [4.69, 9.17) is 0 Å². The monoisotopic (exact) mass is 312 g/mol. The molecule has 0 aliphatic rings. The summed E-state index contributed by atoms with van der Waals surface area (Å²) in [6, 6.07) is 9.56. The van der Waals surface area contributed by atoms with Crippen molar-refractivity contribution in [3.63, 3.8) is 0 Å². The number of aromatic nitrogens is 1. The predicted molar refractivity (Wildman–Crippen MR) is 74.6 cm³/mol. The second-order valence-electron chi connectivity index (χ2n) is 4.73. The van der Waals surface area contributed by atoms with Gasteiger partial charge in [0.2, 0.25) is 0 Å². The first kappa shape index (κ1) is 15.9. The average molecular weight is 312 g/mol. The number of hydrogen-bond acceptors (Lipinski definition) is 2. The van der Waals surface area contributed by atoms with Crippen LogP contribution in [0.15, 0.2) is 42.6 Å². The first-order valence-corrected chi connectivity index (χ1v) is 6.53. The van der Waals surface area contributed by atoms with Crippen LogP contribution < -0.4 is 10.1 Å². The number of hydrogen-bond donors (Lipinski definition) is 1. The predicted octanol–water partition coefficient (Wildman–Crippen LogP) is 2.90. The Morgan fingerprint density at radius 2 is 1.91 bits per heavy atom. The summed E-state index contributed by atoms with van der Waals surface area (Å²) < 4.78 is 42.4. The quantitative estimate of drug-likeness (QED) is 0.922. The Balaban J connectivity index is 1.86. The summed E-state index contributed by atoms with van der Waals surface area (Å²) in [5, 5.41) is 2.74. The van der Waals surface area contributed by atoms with Crippen LogP contribution in [-0.4, -0.2) is 23.3 Å². The third kappa shape index (κ3) is 4.54. The maximum Gasteiger partial charge on any atom is 0.422 e. The molecule has 2 rings (SSSR count). The van der Waals surface area contributed by atoms with E-state index >= 15 is 0 Å². The minimum absolute atomic E-state index is 0.134. The van der Waals surface area contributed by atoms with Crippen LogP contribution in [0.3, 0.4) is 0 Å². The van der Waals surface area contributed by atoms with E-state index in [0.717, 1.165) is 5.56 Å². The second-order valence-corrected chi connectivity index (χ2v) is 4.73. The Kier molecular flexibility index (Phi) is 4.75. The fourth-order valence-electron chi connectivity index (χ4n) is 1.84. The number of alkyl halides is 3. The molecule has 1 N–H and O–H groups in total. The number of carbonyl (C=O) groups excluding carboxylic acids is 1. The first-order chi connectivity index (χ1) is 10.3. The highest BCUT2D eigenvalue weighted by Crippen LogP contribution is 2.18. The van der Waals surface area contributed by atoms with Crippen molar-refractivity contribution >= 4 is 5.91 Å². The zero-order valence-electron chi connectivity index (χ0n) is 11.9. The molecule has 0 spiro atoms. The summed E-state index contributed by atoms with van der Waals surface area (Å²) >= 11 is 0. The minimum atomic E-state index is -4.36. The van der Waals surface area contributed by atoms with E-state index in [-0.39, 0.29) is 18.2 Å². The van der Waals surface area contributed by atoms with Gasteiger partial charge in [0, 0.05) is 19.8 Å². The molecule has 1 amide bonds. The van der Waals surface area contributed by atoms with E-state index in [1.807, 2.05) is 0 Å². The van der Waals surface area contributed by atoms with Gasteiger partial charge in [-0.1, -0.05) is 12.1 Å². The van der Waals surface area contributed by atoms with E-state index in [0.29, 0.717) is 5.69 Å². The van der Waals surface area contributed by atoms with Gasteiger partial charge in [-0.2, -0.15) is 13.2 Å². The molecule has 2 aromatic rings. The first-order valence-electron chi connectivity index (χ1n) is 6.53. The lowest BCUT2D eigenvalue weighted by Crippen LogP contribution is -2.24. The average Bonchev–Trinajstić information content (AvgIpc) is 2.89. The number of rotatable bonds is 5. The van der Waals surface area contributed by atoms with Crippen molar-refractivity contribution < 1.29 is 22.7 Å². The number of amides is 1. The van der Waals surface area contributed by atoms with Crippen molar-refractivity contribution in [2.45, 2.75) is 12.7 Å². The number of aryl methyl sites for hydroxylation is 1. The van der Waals surface area contributed by atoms with Crippen LogP contribution in [-0.2, 0) is 13.6 Å². The van der Waals surface area contributed by atoms with Crippen LogP contribution in [0.2, 0.25) is 0 Å². The molecule has 0 saturated heterocycles. The summed E-state index contributed by atoms with van der Waals surface area (Å²) in [4.78, 5) is 11.9. The van der Waals surface area contributed by atoms with Crippen LogP contribution in [0.1, 0.15) is 16.1 Å². The molecule has 0 atom stereocenters. The summed E-state index contributed by atoms with van der Waals surface area (Å²) in [5.41, 5.74) is 1.30. The van der Waals surface area contributed by atoms with Gasteiger partial charge >= 0.3 is 6.18 Å². The van der Waals surface area contributed by atoms with E-state index in [1.165, 1.54) is 12.1 Å². The van der Waals surface area contributed by atoms with E-state index < -0.39 is 12.8 Å². The molecule has 0 aliphatic heterocycles. The van der Waals surface area contributed by atoms with Crippen LogP contribution in [0, 0.1) is 0 Å². The highest BCUT2D eigenvalue weighted by molar-refractivity contribution is 5.92. The molecule has 0 fully saturated rings. The highest BCUT2D eigenvalue weighted by atomic mass is 19.4. The Labute approximate surface area is 125 Å². The number of benzene rings is 1.